The molecule has 0 radical (unpaired) electrons. The Morgan fingerprint density at radius 1 is 1.32 bits per heavy atom. The quantitative estimate of drug-likeness (QED) is 0.847. The molecule has 1 aromatic carbocycles. The highest BCUT2D eigenvalue weighted by atomic mass is 32.2. The number of fused-ring (bicyclic) bond motifs is 1. The normalized spacial score (nSPS) is 13.5. The maximum absolute atomic E-state index is 12.4. The van der Waals surface area contributed by atoms with Crippen molar-refractivity contribution in [3.63, 3.8) is 0 Å². The molecular formula is C14H18N2O5S. The van der Waals surface area contributed by atoms with Gasteiger partial charge in [0.2, 0.25) is 0 Å². The van der Waals surface area contributed by atoms with Crippen LogP contribution in [0.3, 0.4) is 0 Å². The highest BCUT2D eigenvalue weighted by molar-refractivity contribution is 7.89. The SMILES string of the molecule is CCC(O)c1cc2c(=O)n(CS(C)(=O)=O)c(=O)[nH]c2cc1C. The molecule has 0 aliphatic rings. The van der Waals surface area contributed by atoms with Gasteiger partial charge in [-0.15, -0.1) is 0 Å². The van der Waals surface area contributed by atoms with Crippen LogP contribution >= 0.6 is 0 Å². The van der Waals surface area contributed by atoms with Crippen LogP contribution in [0, 0.1) is 6.92 Å². The Morgan fingerprint density at radius 2 is 1.95 bits per heavy atom. The lowest BCUT2D eigenvalue weighted by atomic mass is 9.99. The van der Waals surface area contributed by atoms with E-state index in [0.717, 1.165) is 11.8 Å². The van der Waals surface area contributed by atoms with Gasteiger partial charge in [-0.25, -0.2) is 17.8 Å². The van der Waals surface area contributed by atoms with Crippen LogP contribution in [0.4, 0.5) is 0 Å². The number of aryl methyl sites for hydroxylation is 1. The summed E-state index contributed by atoms with van der Waals surface area (Å²) in [7, 11) is -3.54. The maximum Gasteiger partial charge on any atom is 0.329 e. The fourth-order valence-electron chi connectivity index (χ4n) is 2.36. The number of nitrogens with one attached hydrogen (secondary N) is 1. The molecule has 0 bridgehead atoms. The topological polar surface area (TPSA) is 109 Å². The van der Waals surface area contributed by atoms with Gasteiger partial charge in [-0.1, -0.05) is 6.92 Å². The van der Waals surface area contributed by atoms with Crippen molar-refractivity contribution in [2.24, 2.45) is 0 Å². The number of hydrogen-bond donors (Lipinski definition) is 2. The third-order valence-electron chi connectivity index (χ3n) is 3.48. The molecular weight excluding hydrogens is 308 g/mol. The van der Waals surface area contributed by atoms with Gasteiger partial charge in [-0.3, -0.25) is 4.79 Å². The van der Waals surface area contributed by atoms with Gasteiger partial charge in [0.05, 0.1) is 17.0 Å². The van der Waals surface area contributed by atoms with E-state index >= 15 is 0 Å². The molecule has 2 N–H and O–H groups in total. The maximum atomic E-state index is 12.4. The zero-order valence-corrected chi connectivity index (χ0v) is 13.4. The van der Waals surface area contributed by atoms with Crippen LogP contribution in [-0.2, 0) is 15.7 Å². The molecule has 22 heavy (non-hydrogen) atoms. The molecule has 0 fully saturated rings. The lowest BCUT2D eigenvalue weighted by molar-refractivity contribution is 0.173. The molecule has 2 rings (SSSR count). The Bertz CT molecular complexity index is 940. The number of sulfone groups is 1. The first-order valence-electron chi connectivity index (χ1n) is 6.77. The Labute approximate surface area is 127 Å². The number of benzene rings is 1. The number of aromatic nitrogens is 2. The molecule has 1 heterocycles. The lowest BCUT2D eigenvalue weighted by Crippen LogP contribution is -2.37. The summed E-state index contributed by atoms with van der Waals surface area (Å²) in [6, 6.07) is 3.12. The average molecular weight is 326 g/mol. The molecule has 1 atom stereocenters. The molecule has 0 amide bonds. The third kappa shape index (κ3) is 3.12. The van der Waals surface area contributed by atoms with Crippen molar-refractivity contribution in [3.05, 3.63) is 44.1 Å². The van der Waals surface area contributed by atoms with E-state index in [1.807, 2.05) is 6.92 Å². The molecule has 0 spiro atoms. The van der Waals surface area contributed by atoms with Crippen LogP contribution in [-0.4, -0.2) is 29.3 Å². The summed E-state index contributed by atoms with van der Waals surface area (Å²) in [5, 5.41) is 10.2. The van der Waals surface area contributed by atoms with Gasteiger partial charge in [0, 0.05) is 6.26 Å². The van der Waals surface area contributed by atoms with Crippen molar-refractivity contribution in [1.82, 2.24) is 9.55 Å². The highest BCUT2D eigenvalue weighted by Gasteiger charge is 2.16. The Hall–Kier alpha value is -1.93. The second-order valence-corrected chi connectivity index (χ2v) is 7.51. The molecule has 1 unspecified atom stereocenters. The van der Waals surface area contributed by atoms with E-state index in [0.29, 0.717) is 22.1 Å². The van der Waals surface area contributed by atoms with Crippen molar-refractivity contribution < 1.29 is 13.5 Å². The summed E-state index contributed by atoms with van der Waals surface area (Å²) in [5.41, 5.74) is 0.201. The minimum absolute atomic E-state index is 0.177. The van der Waals surface area contributed by atoms with Crippen molar-refractivity contribution in [3.8, 4) is 0 Å². The smallest absolute Gasteiger partial charge is 0.329 e. The minimum atomic E-state index is -3.54. The molecule has 7 nitrogen and oxygen atoms in total. The summed E-state index contributed by atoms with van der Waals surface area (Å²) < 4.78 is 23.4. The van der Waals surface area contributed by atoms with E-state index in [1.165, 1.54) is 6.07 Å². The summed E-state index contributed by atoms with van der Waals surface area (Å²) in [4.78, 5) is 26.8. The standard InChI is InChI=1S/C14H18N2O5S/c1-4-12(17)9-6-10-11(5-8(9)2)15-14(19)16(13(10)18)7-22(3,20)21/h5-6,12,17H,4,7H2,1-3H3,(H,15,19). The molecule has 2 aromatic rings. The molecule has 1 aromatic heterocycles. The number of hydrogen-bond acceptors (Lipinski definition) is 5. The number of aliphatic hydroxyl groups is 1. The fraction of sp³-hybridized carbons (Fsp3) is 0.429. The van der Waals surface area contributed by atoms with E-state index in [2.05, 4.69) is 4.98 Å². The van der Waals surface area contributed by atoms with E-state index in [1.54, 1.807) is 13.0 Å². The van der Waals surface area contributed by atoms with Gasteiger partial charge in [0.15, 0.2) is 9.84 Å². The van der Waals surface area contributed by atoms with E-state index < -0.39 is 33.1 Å². The predicted octanol–water partition coefficient (Wildman–Crippen LogP) is 0.444. The minimum Gasteiger partial charge on any atom is -0.388 e. The second kappa shape index (κ2) is 5.69. The number of H-pyrrole nitrogens is 1. The van der Waals surface area contributed by atoms with Crippen LogP contribution in [0.2, 0.25) is 0 Å². The van der Waals surface area contributed by atoms with Crippen LogP contribution in [0.5, 0.6) is 0 Å². The average Bonchev–Trinajstić information content (AvgIpc) is 2.41. The van der Waals surface area contributed by atoms with E-state index in [4.69, 9.17) is 0 Å². The lowest BCUT2D eigenvalue weighted by Gasteiger charge is -2.13. The number of aromatic amines is 1. The van der Waals surface area contributed by atoms with Gasteiger partial charge in [-0.2, -0.15) is 0 Å². The zero-order valence-electron chi connectivity index (χ0n) is 12.6. The molecule has 8 heteroatoms. The van der Waals surface area contributed by atoms with Crippen molar-refractivity contribution in [2.75, 3.05) is 6.26 Å². The number of aliphatic hydroxyl groups excluding tert-OH is 1. The highest BCUT2D eigenvalue weighted by Crippen LogP contribution is 2.23. The summed E-state index contributed by atoms with van der Waals surface area (Å²) in [5.74, 6) is -0.684. The third-order valence-corrected chi connectivity index (χ3v) is 4.21. The predicted molar refractivity (Wildman–Crippen MR) is 83.7 cm³/mol. The summed E-state index contributed by atoms with van der Waals surface area (Å²) in [6.45, 7) is 3.58. The largest absolute Gasteiger partial charge is 0.388 e. The van der Waals surface area contributed by atoms with Gasteiger partial charge in [-0.05, 0) is 36.6 Å². The Kier molecular flexibility index (Phi) is 4.25. The van der Waals surface area contributed by atoms with Gasteiger partial charge in [0.1, 0.15) is 5.88 Å². The molecule has 0 aliphatic heterocycles. The monoisotopic (exact) mass is 326 g/mol. The molecule has 0 saturated heterocycles. The van der Waals surface area contributed by atoms with Crippen molar-refractivity contribution in [1.29, 1.82) is 0 Å². The van der Waals surface area contributed by atoms with Crippen LogP contribution in [0.15, 0.2) is 21.7 Å². The van der Waals surface area contributed by atoms with Crippen LogP contribution in [0.1, 0.15) is 30.6 Å². The molecule has 120 valence electrons. The van der Waals surface area contributed by atoms with Gasteiger partial charge < -0.3 is 10.1 Å². The van der Waals surface area contributed by atoms with E-state index in [-0.39, 0.29) is 5.39 Å². The van der Waals surface area contributed by atoms with Gasteiger partial charge >= 0.3 is 5.69 Å². The fourth-order valence-corrected chi connectivity index (χ4v) is 3.06. The molecule has 0 saturated carbocycles. The summed E-state index contributed by atoms with van der Waals surface area (Å²) in [6.07, 6.45) is 0.705. The Morgan fingerprint density at radius 3 is 2.50 bits per heavy atom. The van der Waals surface area contributed by atoms with Crippen LogP contribution < -0.4 is 11.2 Å². The van der Waals surface area contributed by atoms with Crippen molar-refractivity contribution in [2.45, 2.75) is 32.2 Å². The second-order valence-electron chi connectivity index (χ2n) is 5.40. The van der Waals surface area contributed by atoms with Gasteiger partial charge in [0.25, 0.3) is 5.56 Å². The van der Waals surface area contributed by atoms with E-state index in [9.17, 15) is 23.1 Å². The molecule has 0 aliphatic carbocycles. The first-order valence-corrected chi connectivity index (χ1v) is 8.83. The zero-order chi connectivity index (χ0) is 16.7. The van der Waals surface area contributed by atoms with Crippen LogP contribution in [0.25, 0.3) is 10.9 Å². The number of rotatable bonds is 4. The first kappa shape index (κ1) is 16.4. The van der Waals surface area contributed by atoms with Crippen molar-refractivity contribution >= 4 is 20.7 Å². The Balaban J connectivity index is 2.81. The summed E-state index contributed by atoms with van der Waals surface area (Å²) >= 11 is 0. The first-order chi connectivity index (χ1) is 10.1. The number of nitrogens with zero attached hydrogens (tertiary/aromatic N) is 1.